The molecule has 4 heteroatoms. The van der Waals surface area contributed by atoms with Crippen LogP contribution < -0.4 is 0 Å². The van der Waals surface area contributed by atoms with E-state index in [-0.39, 0.29) is 5.91 Å². The molecule has 1 atom stereocenters. The van der Waals surface area contributed by atoms with Crippen LogP contribution in [0.15, 0.2) is 6.07 Å². The molecule has 4 rings (SSSR count). The zero-order valence-electron chi connectivity index (χ0n) is 11.9. The van der Waals surface area contributed by atoms with Gasteiger partial charge < -0.3 is 4.90 Å². The fourth-order valence-electron chi connectivity index (χ4n) is 3.93. The second-order valence-electron chi connectivity index (χ2n) is 6.35. The van der Waals surface area contributed by atoms with Crippen molar-refractivity contribution in [1.82, 2.24) is 9.80 Å². The van der Waals surface area contributed by atoms with Gasteiger partial charge in [0.1, 0.15) is 0 Å². The van der Waals surface area contributed by atoms with Gasteiger partial charge in [-0.2, -0.15) is 0 Å². The number of carbonyl (C=O) groups is 1. The molecule has 2 saturated heterocycles. The largest absolute Gasteiger partial charge is 0.335 e. The highest BCUT2D eigenvalue weighted by Gasteiger charge is 2.33. The van der Waals surface area contributed by atoms with Crippen LogP contribution in [0.3, 0.4) is 0 Å². The molecule has 1 aromatic rings. The molecule has 0 unspecified atom stereocenters. The van der Waals surface area contributed by atoms with Crippen molar-refractivity contribution in [2.75, 3.05) is 26.2 Å². The van der Waals surface area contributed by atoms with E-state index in [1.165, 1.54) is 55.5 Å². The third kappa shape index (κ3) is 2.19. The Morgan fingerprint density at radius 3 is 2.95 bits per heavy atom. The molecule has 108 valence electrons. The van der Waals surface area contributed by atoms with E-state index in [2.05, 4.69) is 15.9 Å². The summed E-state index contributed by atoms with van der Waals surface area (Å²) < 4.78 is 0. The minimum absolute atomic E-state index is 0.288. The van der Waals surface area contributed by atoms with Crippen LogP contribution in [0.4, 0.5) is 0 Å². The van der Waals surface area contributed by atoms with Gasteiger partial charge in [0, 0.05) is 30.6 Å². The summed E-state index contributed by atoms with van der Waals surface area (Å²) in [5, 5.41) is 0. The summed E-state index contributed by atoms with van der Waals surface area (Å²) in [5.74, 6) is 0.288. The lowest BCUT2D eigenvalue weighted by Crippen LogP contribution is -2.51. The van der Waals surface area contributed by atoms with Gasteiger partial charge in [0.15, 0.2) is 0 Å². The second kappa shape index (κ2) is 5.15. The second-order valence-corrected chi connectivity index (χ2v) is 7.49. The molecule has 2 aliphatic heterocycles. The van der Waals surface area contributed by atoms with E-state index in [4.69, 9.17) is 0 Å². The predicted molar refractivity (Wildman–Crippen MR) is 81.5 cm³/mol. The van der Waals surface area contributed by atoms with Crippen LogP contribution in [0.2, 0.25) is 0 Å². The number of nitrogens with zero attached hydrogens (tertiary/aromatic N) is 2. The minimum Gasteiger partial charge on any atom is -0.335 e. The summed E-state index contributed by atoms with van der Waals surface area (Å²) in [5.41, 5.74) is 1.45. The van der Waals surface area contributed by atoms with Crippen molar-refractivity contribution in [1.29, 1.82) is 0 Å². The third-order valence-corrected chi connectivity index (χ3v) is 6.31. The van der Waals surface area contributed by atoms with E-state index >= 15 is 0 Å². The van der Waals surface area contributed by atoms with Crippen LogP contribution in [0.5, 0.6) is 0 Å². The topological polar surface area (TPSA) is 23.6 Å². The van der Waals surface area contributed by atoms with Gasteiger partial charge in [-0.1, -0.05) is 0 Å². The molecule has 0 radical (unpaired) electrons. The van der Waals surface area contributed by atoms with Crippen LogP contribution in [-0.2, 0) is 12.8 Å². The third-order valence-electron chi connectivity index (χ3n) is 5.08. The maximum atomic E-state index is 12.7. The summed E-state index contributed by atoms with van der Waals surface area (Å²) in [6, 6.07) is 2.81. The molecule has 1 aromatic heterocycles. The van der Waals surface area contributed by atoms with Crippen molar-refractivity contribution in [3.8, 4) is 0 Å². The zero-order valence-corrected chi connectivity index (χ0v) is 12.8. The number of amides is 1. The van der Waals surface area contributed by atoms with Crippen molar-refractivity contribution in [2.45, 2.75) is 44.6 Å². The van der Waals surface area contributed by atoms with Crippen molar-refractivity contribution < 1.29 is 4.79 Å². The standard InChI is InChI=1S/C16H22N2OS/c19-16(15-10-12-4-1-2-6-14(12)20-15)18-9-8-17-7-3-5-13(17)11-18/h10,13H,1-9,11H2/t13-/m0/s1. The molecule has 0 bridgehead atoms. The fraction of sp³-hybridized carbons (Fsp3) is 0.688. The van der Waals surface area contributed by atoms with Gasteiger partial charge in [-0.05, 0) is 56.7 Å². The average Bonchev–Trinajstić information content (AvgIpc) is 3.11. The van der Waals surface area contributed by atoms with Gasteiger partial charge in [0.25, 0.3) is 5.91 Å². The maximum Gasteiger partial charge on any atom is 0.264 e. The lowest BCUT2D eigenvalue weighted by molar-refractivity contribution is 0.0576. The Kier molecular flexibility index (Phi) is 3.31. The zero-order chi connectivity index (χ0) is 13.5. The van der Waals surface area contributed by atoms with Crippen LogP contribution in [0, 0.1) is 0 Å². The van der Waals surface area contributed by atoms with Gasteiger partial charge in [-0.3, -0.25) is 9.69 Å². The number of carbonyl (C=O) groups excluding carboxylic acids is 1. The van der Waals surface area contributed by atoms with Gasteiger partial charge >= 0.3 is 0 Å². The Morgan fingerprint density at radius 1 is 1.15 bits per heavy atom. The number of aryl methyl sites for hydroxylation is 2. The van der Waals surface area contributed by atoms with Gasteiger partial charge in [-0.15, -0.1) is 11.3 Å². The molecule has 20 heavy (non-hydrogen) atoms. The van der Waals surface area contributed by atoms with Crippen molar-refractivity contribution >= 4 is 17.2 Å². The normalized spacial score (nSPS) is 26.4. The first-order chi connectivity index (χ1) is 9.81. The van der Waals surface area contributed by atoms with E-state index in [9.17, 15) is 4.79 Å². The van der Waals surface area contributed by atoms with Gasteiger partial charge in [-0.25, -0.2) is 0 Å². The summed E-state index contributed by atoms with van der Waals surface area (Å²) in [4.78, 5) is 19.8. The number of rotatable bonds is 1. The van der Waals surface area contributed by atoms with E-state index in [0.717, 1.165) is 24.5 Å². The molecule has 3 heterocycles. The molecule has 3 aliphatic rings. The van der Waals surface area contributed by atoms with Gasteiger partial charge in [0.2, 0.25) is 0 Å². The lowest BCUT2D eigenvalue weighted by Gasteiger charge is -2.37. The molecule has 0 aromatic carbocycles. The quantitative estimate of drug-likeness (QED) is 0.793. The van der Waals surface area contributed by atoms with E-state index in [1.807, 2.05) is 0 Å². The first-order valence-corrected chi connectivity index (χ1v) is 8.78. The Bertz CT molecular complexity index is 501. The first kappa shape index (κ1) is 12.8. The van der Waals surface area contributed by atoms with Crippen molar-refractivity contribution in [3.05, 3.63) is 21.4 Å². The van der Waals surface area contributed by atoms with E-state index in [1.54, 1.807) is 11.3 Å². The molecule has 3 nitrogen and oxygen atoms in total. The number of fused-ring (bicyclic) bond motifs is 2. The molecular formula is C16H22N2OS. The molecule has 0 N–H and O–H groups in total. The maximum absolute atomic E-state index is 12.7. The van der Waals surface area contributed by atoms with Crippen LogP contribution in [-0.4, -0.2) is 47.9 Å². The molecular weight excluding hydrogens is 268 g/mol. The molecule has 0 saturated carbocycles. The molecule has 0 spiro atoms. The Balaban J connectivity index is 1.50. The Labute approximate surface area is 124 Å². The summed E-state index contributed by atoms with van der Waals surface area (Å²) in [6.07, 6.45) is 7.52. The highest BCUT2D eigenvalue weighted by atomic mass is 32.1. The highest BCUT2D eigenvalue weighted by Crippen LogP contribution is 2.31. The smallest absolute Gasteiger partial charge is 0.264 e. The van der Waals surface area contributed by atoms with Crippen LogP contribution in [0.1, 0.15) is 45.8 Å². The molecule has 2 fully saturated rings. The van der Waals surface area contributed by atoms with Crippen LogP contribution in [0.25, 0.3) is 0 Å². The van der Waals surface area contributed by atoms with Gasteiger partial charge in [0.05, 0.1) is 4.88 Å². The van der Waals surface area contributed by atoms with Crippen molar-refractivity contribution in [2.24, 2.45) is 0 Å². The first-order valence-electron chi connectivity index (χ1n) is 7.96. The number of thiophene rings is 1. The monoisotopic (exact) mass is 290 g/mol. The number of hydrogen-bond donors (Lipinski definition) is 0. The summed E-state index contributed by atoms with van der Waals surface area (Å²) >= 11 is 1.76. The van der Waals surface area contributed by atoms with Crippen molar-refractivity contribution in [3.63, 3.8) is 0 Å². The lowest BCUT2D eigenvalue weighted by atomic mass is 9.99. The number of piperazine rings is 1. The van der Waals surface area contributed by atoms with E-state index in [0.29, 0.717) is 6.04 Å². The minimum atomic E-state index is 0.288. The Morgan fingerprint density at radius 2 is 2.05 bits per heavy atom. The predicted octanol–water partition coefficient (Wildman–Crippen LogP) is 2.55. The summed E-state index contributed by atoms with van der Waals surface area (Å²) in [7, 11) is 0. The van der Waals surface area contributed by atoms with Crippen LogP contribution >= 0.6 is 11.3 Å². The average molecular weight is 290 g/mol. The Hall–Kier alpha value is -0.870. The number of hydrogen-bond acceptors (Lipinski definition) is 3. The van der Waals surface area contributed by atoms with E-state index < -0.39 is 0 Å². The summed E-state index contributed by atoms with van der Waals surface area (Å²) in [6.45, 7) is 4.17. The molecule has 1 amide bonds. The molecule has 1 aliphatic carbocycles. The highest BCUT2D eigenvalue weighted by molar-refractivity contribution is 7.14. The fourth-order valence-corrected chi connectivity index (χ4v) is 5.15. The SMILES string of the molecule is O=C(c1cc2c(s1)CCCC2)N1CCN2CCC[C@H]2C1.